The maximum atomic E-state index is 13.7. The minimum atomic E-state index is -1.10. The van der Waals surface area contributed by atoms with Crippen LogP contribution in [0.25, 0.3) is 22.3 Å². The summed E-state index contributed by atoms with van der Waals surface area (Å²) in [7, 11) is 5.39. The second-order valence-electron chi connectivity index (χ2n) is 9.68. The lowest BCUT2D eigenvalue weighted by Crippen LogP contribution is -2.21. The summed E-state index contributed by atoms with van der Waals surface area (Å²) in [6.45, 7) is 5.58. The summed E-state index contributed by atoms with van der Waals surface area (Å²) in [6, 6.07) is 16.4. The molecule has 9 nitrogen and oxygen atoms in total. The molecule has 0 fully saturated rings. The van der Waals surface area contributed by atoms with Crippen molar-refractivity contribution >= 4 is 28.8 Å². The van der Waals surface area contributed by atoms with E-state index in [0.717, 1.165) is 28.1 Å². The molecule has 0 amide bonds. The van der Waals surface area contributed by atoms with Gasteiger partial charge in [0, 0.05) is 37.0 Å². The number of carboxylic acids is 1. The van der Waals surface area contributed by atoms with E-state index in [1.165, 1.54) is 10.9 Å². The van der Waals surface area contributed by atoms with Crippen LogP contribution in [-0.4, -0.2) is 54.8 Å². The van der Waals surface area contributed by atoms with Crippen molar-refractivity contribution in [2.45, 2.75) is 26.7 Å². The Balaban J connectivity index is 1.94. The maximum absolute atomic E-state index is 13.7. The minimum absolute atomic E-state index is 0.174. The van der Waals surface area contributed by atoms with Crippen LogP contribution in [0.1, 0.15) is 36.5 Å². The highest BCUT2D eigenvalue weighted by molar-refractivity contribution is 5.86. The number of anilines is 1. The normalized spacial score (nSPS) is 11.4. The van der Waals surface area contributed by atoms with Crippen LogP contribution in [0.3, 0.4) is 0 Å². The zero-order chi connectivity index (χ0) is 28.3. The molecule has 1 N–H and O–H groups in total. The predicted molar refractivity (Wildman–Crippen MR) is 154 cm³/mol. The average Bonchev–Trinajstić information content (AvgIpc) is 2.91. The van der Waals surface area contributed by atoms with Gasteiger partial charge in [-0.05, 0) is 60.4 Å². The van der Waals surface area contributed by atoms with Gasteiger partial charge in [-0.2, -0.15) is 9.78 Å². The standard InChI is InChI=1S/C30H32N4O5/c1-18(2)23-15-24(19(3)13-27(23)38-6)29-32-25-10-8-7-9-22(25)30(37)34(29)31-16-20-11-12-21(33(4)5)14-26(20)39-17-28(35)36/h7-16,18H,17H2,1-6H3,(H,35,36). The SMILES string of the molecule is COc1cc(C)c(-c2nc3ccccc3c(=O)n2N=Cc2ccc(N(C)C)cc2OCC(=O)O)cc1C(C)C. The second-order valence-corrected chi connectivity index (χ2v) is 9.68. The van der Waals surface area contributed by atoms with Crippen molar-refractivity contribution < 1.29 is 19.4 Å². The number of carbonyl (C=O) groups is 1. The van der Waals surface area contributed by atoms with Gasteiger partial charge < -0.3 is 19.5 Å². The Morgan fingerprint density at radius 1 is 1.13 bits per heavy atom. The zero-order valence-corrected chi connectivity index (χ0v) is 22.9. The van der Waals surface area contributed by atoms with Gasteiger partial charge in [-0.3, -0.25) is 4.79 Å². The van der Waals surface area contributed by atoms with Crippen LogP contribution in [0.4, 0.5) is 5.69 Å². The molecule has 0 saturated carbocycles. The summed E-state index contributed by atoms with van der Waals surface area (Å²) >= 11 is 0. The van der Waals surface area contributed by atoms with Gasteiger partial charge in [-0.25, -0.2) is 9.78 Å². The quantitative estimate of drug-likeness (QED) is 0.308. The minimum Gasteiger partial charge on any atom is -0.496 e. The molecule has 0 bridgehead atoms. The summed E-state index contributed by atoms with van der Waals surface area (Å²) < 4.78 is 12.4. The Kier molecular flexibility index (Phi) is 7.99. The second kappa shape index (κ2) is 11.4. The first-order chi connectivity index (χ1) is 18.6. The van der Waals surface area contributed by atoms with Crippen LogP contribution >= 0.6 is 0 Å². The fourth-order valence-electron chi connectivity index (χ4n) is 4.26. The van der Waals surface area contributed by atoms with E-state index in [1.807, 2.05) is 50.2 Å². The Morgan fingerprint density at radius 3 is 2.54 bits per heavy atom. The van der Waals surface area contributed by atoms with Crippen molar-refractivity contribution in [1.82, 2.24) is 9.66 Å². The molecule has 3 aromatic carbocycles. The molecular formula is C30H32N4O5. The highest BCUT2D eigenvalue weighted by Gasteiger charge is 2.18. The monoisotopic (exact) mass is 528 g/mol. The fourth-order valence-corrected chi connectivity index (χ4v) is 4.26. The number of ether oxygens (including phenoxy) is 2. The third-order valence-electron chi connectivity index (χ3n) is 6.37. The molecule has 0 radical (unpaired) electrons. The van der Waals surface area contributed by atoms with Gasteiger partial charge in [0.25, 0.3) is 5.56 Å². The van der Waals surface area contributed by atoms with E-state index in [0.29, 0.717) is 28.0 Å². The number of fused-ring (bicyclic) bond motifs is 1. The van der Waals surface area contributed by atoms with E-state index in [9.17, 15) is 9.59 Å². The van der Waals surface area contributed by atoms with Crippen molar-refractivity contribution in [3.8, 4) is 22.9 Å². The summed E-state index contributed by atoms with van der Waals surface area (Å²) in [5.74, 6) is 0.563. The number of aliphatic carboxylic acids is 1. The Hall–Kier alpha value is -4.66. The van der Waals surface area contributed by atoms with Crippen molar-refractivity contribution in [1.29, 1.82) is 0 Å². The average molecular weight is 529 g/mol. The molecule has 0 atom stereocenters. The van der Waals surface area contributed by atoms with E-state index >= 15 is 0 Å². The number of aromatic nitrogens is 2. The molecule has 9 heteroatoms. The molecule has 202 valence electrons. The number of hydrogen-bond acceptors (Lipinski definition) is 7. The van der Waals surface area contributed by atoms with Crippen LogP contribution in [0.2, 0.25) is 0 Å². The largest absolute Gasteiger partial charge is 0.496 e. The van der Waals surface area contributed by atoms with E-state index in [2.05, 4.69) is 18.9 Å². The molecule has 0 aliphatic heterocycles. The first-order valence-electron chi connectivity index (χ1n) is 12.5. The molecule has 1 aromatic heterocycles. The maximum Gasteiger partial charge on any atom is 0.341 e. The Morgan fingerprint density at radius 2 is 1.87 bits per heavy atom. The summed E-state index contributed by atoms with van der Waals surface area (Å²) in [5.41, 5.74) is 4.19. The van der Waals surface area contributed by atoms with Crippen LogP contribution in [0.15, 0.2) is 64.5 Å². The van der Waals surface area contributed by atoms with Crippen LogP contribution < -0.4 is 19.9 Å². The van der Waals surface area contributed by atoms with Crippen molar-refractivity contribution in [2.75, 3.05) is 32.7 Å². The van der Waals surface area contributed by atoms with Gasteiger partial charge in [-0.1, -0.05) is 26.0 Å². The summed E-state index contributed by atoms with van der Waals surface area (Å²) in [5, 5.41) is 14.1. The topological polar surface area (TPSA) is 106 Å². The van der Waals surface area contributed by atoms with Gasteiger partial charge in [-0.15, -0.1) is 0 Å². The molecule has 39 heavy (non-hydrogen) atoms. The highest BCUT2D eigenvalue weighted by atomic mass is 16.5. The Labute approximate surface area is 226 Å². The summed E-state index contributed by atoms with van der Waals surface area (Å²) in [6.07, 6.45) is 1.49. The Bertz CT molecular complexity index is 1620. The summed E-state index contributed by atoms with van der Waals surface area (Å²) in [4.78, 5) is 31.6. The lowest BCUT2D eigenvalue weighted by molar-refractivity contribution is -0.139. The van der Waals surface area contributed by atoms with Crippen LogP contribution in [0.5, 0.6) is 11.5 Å². The smallest absolute Gasteiger partial charge is 0.341 e. The molecule has 0 aliphatic carbocycles. The van der Waals surface area contributed by atoms with E-state index in [-0.39, 0.29) is 11.5 Å². The van der Waals surface area contributed by atoms with Crippen molar-refractivity contribution in [3.63, 3.8) is 0 Å². The van der Waals surface area contributed by atoms with Gasteiger partial charge in [0.15, 0.2) is 12.4 Å². The van der Waals surface area contributed by atoms with E-state index in [1.54, 1.807) is 37.4 Å². The molecule has 0 saturated heterocycles. The first-order valence-corrected chi connectivity index (χ1v) is 12.5. The first kappa shape index (κ1) is 27.4. The number of nitrogens with zero attached hydrogens (tertiary/aromatic N) is 4. The van der Waals surface area contributed by atoms with Crippen molar-refractivity contribution in [3.05, 3.63) is 81.6 Å². The van der Waals surface area contributed by atoms with E-state index in [4.69, 9.17) is 19.6 Å². The van der Waals surface area contributed by atoms with Gasteiger partial charge >= 0.3 is 5.97 Å². The predicted octanol–water partition coefficient (Wildman–Crippen LogP) is 4.92. The number of aryl methyl sites for hydroxylation is 1. The molecule has 4 aromatic rings. The molecule has 4 rings (SSSR count). The van der Waals surface area contributed by atoms with Crippen molar-refractivity contribution in [2.24, 2.45) is 5.10 Å². The number of carboxylic acid groups (broad SMARTS) is 1. The number of benzene rings is 3. The number of hydrogen-bond donors (Lipinski definition) is 1. The van der Waals surface area contributed by atoms with Crippen LogP contribution in [0, 0.1) is 6.92 Å². The third kappa shape index (κ3) is 5.77. The zero-order valence-electron chi connectivity index (χ0n) is 22.9. The molecule has 0 unspecified atom stereocenters. The highest BCUT2D eigenvalue weighted by Crippen LogP contribution is 2.34. The van der Waals surface area contributed by atoms with Crippen LogP contribution in [-0.2, 0) is 4.79 Å². The molecular weight excluding hydrogens is 496 g/mol. The molecule has 1 heterocycles. The lowest BCUT2D eigenvalue weighted by atomic mass is 9.96. The lowest BCUT2D eigenvalue weighted by Gasteiger charge is -2.17. The van der Waals surface area contributed by atoms with Gasteiger partial charge in [0.1, 0.15) is 11.5 Å². The molecule has 0 spiro atoms. The molecule has 0 aliphatic rings. The van der Waals surface area contributed by atoms with Gasteiger partial charge in [0.2, 0.25) is 0 Å². The van der Waals surface area contributed by atoms with E-state index < -0.39 is 12.6 Å². The third-order valence-corrected chi connectivity index (χ3v) is 6.37. The fraction of sp³-hybridized carbons (Fsp3) is 0.267. The number of methoxy groups -OCH3 is 1. The number of para-hydroxylation sites is 1. The number of rotatable bonds is 9. The van der Waals surface area contributed by atoms with Gasteiger partial charge in [0.05, 0.1) is 24.2 Å².